The quantitative estimate of drug-likeness (QED) is 0.446. The predicted octanol–water partition coefficient (Wildman–Crippen LogP) is 4.68. The minimum absolute atomic E-state index is 0.0853. The van der Waals surface area contributed by atoms with Crippen molar-refractivity contribution in [1.29, 1.82) is 0 Å². The van der Waals surface area contributed by atoms with Gasteiger partial charge in [-0.1, -0.05) is 23.2 Å². The molecule has 1 saturated carbocycles. The van der Waals surface area contributed by atoms with Crippen LogP contribution in [0.15, 0.2) is 24.4 Å². The van der Waals surface area contributed by atoms with Crippen molar-refractivity contribution in [2.45, 2.75) is 50.6 Å². The van der Waals surface area contributed by atoms with Crippen molar-refractivity contribution in [3.05, 3.63) is 34.4 Å². The summed E-state index contributed by atoms with van der Waals surface area (Å²) in [5, 5.41) is 7.76. The number of hydrogen-bond acceptors (Lipinski definition) is 7. The molecule has 1 aromatic carbocycles. The zero-order valence-corrected chi connectivity index (χ0v) is 20.1. The van der Waals surface area contributed by atoms with Crippen molar-refractivity contribution >= 4 is 57.9 Å². The van der Waals surface area contributed by atoms with Crippen LogP contribution in [0.25, 0.3) is 11.2 Å². The molecular weight excluding hydrogens is 477 g/mol. The molecule has 180 valence electrons. The van der Waals surface area contributed by atoms with E-state index in [1.807, 2.05) is 6.07 Å². The number of benzene rings is 1. The highest BCUT2D eigenvalue weighted by Gasteiger charge is 2.29. The molecular formula is C23H27Cl2N7O2. The first-order valence-corrected chi connectivity index (χ1v) is 12.3. The molecule has 0 spiro atoms. The van der Waals surface area contributed by atoms with Gasteiger partial charge in [-0.05, 0) is 56.7 Å². The van der Waals surface area contributed by atoms with Crippen LogP contribution in [-0.2, 0) is 9.53 Å². The lowest BCUT2D eigenvalue weighted by atomic mass is 9.85. The van der Waals surface area contributed by atoms with Gasteiger partial charge in [-0.2, -0.15) is 4.98 Å². The Labute approximate surface area is 207 Å². The fraction of sp³-hybridized carbons (Fsp3) is 0.478. The van der Waals surface area contributed by atoms with Gasteiger partial charge in [0.15, 0.2) is 5.65 Å². The fourth-order valence-corrected chi connectivity index (χ4v) is 5.04. The second-order valence-corrected chi connectivity index (χ2v) is 9.71. The summed E-state index contributed by atoms with van der Waals surface area (Å²) in [6.45, 7) is 1.47. The Hall–Kier alpha value is -2.62. The van der Waals surface area contributed by atoms with Gasteiger partial charge in [0.2, 0.25) is 17.8 Å². The summed E-state index contributed by atoms with van der Waals surface area (Å²) in [6.07, 6.45) is 6.68. The molecule has 2 fully saturated rings. The van der Waals surface area contributed by atoms with Crippen LogP contribution in [0.1, 0.15) is 44.6 Å². The van der Waals surface area contributed by atoms with E-state index in [1.54, 1.807) is 18.3 Å². The van der Waals surface area contributed by atoms with Crippen LogP contribution >= 0.6 is 23.2 Å². The number of rotatable bonds is 6. The Morgan fingerprint density at radius 2 is 1.82 bits per heavy atom. The highest BCUT2D eigenvalue weighted by Crippen LogP contribution is 2.37. The van der Waals surface area contributed by atoms with Crippen molar-refractivity contribution < 1.29 is 9.53 Å². The molecule has 2 aliphatic rings. The molecule has 1 aliphatic carbocycles. The van der Waals surface area contributed by atoms with E-state index in [-0.39, 0.29) is 23.9 Å². The number of nitrogens with two attached hydrogens (primary N) is 1. The average Bonchev–Trinajstić information content (AvgIpc) is 3.19. The number of aromatic nitrogens is 4. The van der Waals surface area contributed by atoms with Crippen molar-refractivity contribution in [3.63, 3.8) is 0 Å². The van der Waals surface area contributed by atoms with Crippen molar-refractivity contribution in [1.82, 2.24) is 19.5 Å². The number of hydrogen-bond donors (Lipinski definition) is 3. The molecule has 1 amide bonds. The van der Waals surface area contributed by atoms with E-state index >= 15 is 0 Å². The number of nitrogens with zero attached hydrogens (tertiary/aromatic N) is 4. The van der Waals surface area contributed by atoms with E-state index in [2.05, 4.69) is 20.2 Å². The van der Waals surface area contributed by atoms with Crippen LogP contribution < -0.4 is 16.4 Å². The zero-order chi connectivity index (χ0) is 23.7. The van der Waals surface area contributed by atoms with Gasteiger partial charge < -0.3 is 21.1 Å². The first-order valence-electron chi connectivity index (χ1n) is 11.6. The Morgan fingerprint density at radius 3 is 2.53 bits per heavy atom. The normalized spacial score (nSPS) is 21.5. The van der Waals surface area contributed by atoms with Gasteiger partial charge in [0.05, 0.1) is 16.2 Å². The number of amides is 1. The van der Waals surface area contributed by atoms with Crippen LogP contribution in [0.3, 0.4) is 0 Å². The lowest BCUT2D eigenvalue weighted by molar-refractivity contribution is -0.122. The standard InChI is InChI=1S/C23H27Cl2N7O2/c24-17-6-3-15(11-18(17)25)29-23-30-19-12-27-22(28-14-7-9-34-10-8-14)31-21(19)32(23)16-4-1-13(2-5-16)20(26)33/h3,6,11-14,16H,1-2,4-5,7-10H2,(H2,26,33)(H,29,30)(H,27,28,31)/t13-,16-. The first-order chi connectivity index (χ1) is 16.5. The van der Waals surface area contributed by atoms with Crippen molar-refractivity contribution in [2.24, 2.45) is 11.7 Å². The van der Waals surface area contributed by atoms with Crippen LogP contribution in [0, 0.1) is 5.92 Å². The van der Waals surface area contributed by atoms with Gasteiger partial charge in [-0.15, -0.1) is 0 Å². The third-order valence-electron chi connectivity index (χ3n) is 6.63. The molecule has 4 N–H and O–H groups in total. The number of carbonyl (C=O) groups excluding carboxylic acids is 1. The minimum atomic E-state index is -0.228. The maximum Gasteiger partial charge on any atom is 0.224 e. The smallest absolute Gasteiger partial charge is 0.224 e. The number of carbonyl (C=O) groups is 1. The molecule has 9 nitrogen and oxygen atoms in total. The first kappa shape index (κ1) is 23.1. The number of primary amides is 1. The molecule has 1 saturated heterocycles. The number of nitrogens with one attached hydrogen (secondary N) is 2. The molecule has 1 aliphatic heterocycles. The third-order valence-corrected chi connectivity index (χ3v) is 7.37. The third kappa shape index (κ3) is 4.92. The van der Waals surface area contributed by atoms with E-state index in [9.17, 15) is 4.79 Å². The maximum atomic E-state index is 11.7. The van der Waals surface area contributed by atoms with Crippen molar-refractivity contribution in [2.75, 3.05) is 23.8 Å². The second-order valence-electron chi connectivity index (χ2n) is 8.90. The summed E-state index contributed by atoms with van der Waals surface area (Å²) in [5.41, 5.74) is 7.76. The van der Waals surface area contributed by atoms with Crippen LogP contribution in [0.2, 0.25) is 10.0 Å². The predicted molar refractivity (Wildman–Crippen MR) is 133 cm³/mol. The Kier molecular flexibility index (Phi) is 6.76. The molecule has 5 rings (SSSR count). The Morgan fingerprint density at radius 1 is 1.06 bits per heavy atom. The molecule has 3 heterocycles. The number of imidazole rings is 1. The Bertz CT molecular complexity index is 1190. The van der Waals surface area contributed by atoms with Gasteiger partial charge in [-0.25, -0.2) is 9.97 Å². The molecule has 0 unspecified atom stereocenters. The summed E-state index contributed by atoms with van der Waals surface area (Å²) >= 11 is 12.3. The van der Waals surface area contributed by atoms with Gasteiger partial charge in [0, 0.05) is 36.9 Å². The van der Waals surface area contributed by atoms with Crippen molar-refractivity contribution in [3.8, 4) is 0 Å². The van der Waals surface area contributed by atoms with E-state index in [1.165, 1.54) is 0 Å². The van der Waals surface area contributed by atoms with Crippen LogP contribution in [-0.4, -0.2) is 44.7 Å². The van der Waals surface area contributed by atoms with Gasteiger partial charge in [0.25, 0.3) is 0 Å². The van der Waals surface area contributed by atoms with Gasteiger partial charge in [-0.3, -0.25) is 9.36 Å². The lowest BCUT2D eigenvalue weighted by Crippen LogP contribution is -2.29. The van der Waals surface area contributed by atoms with E-state index in [4.69, 9.17) is 43.6 Å². The second kappa shape index (κ2) is 9.93. The van der Waals surface area contributed by atoms with Gasteiger partial charge in [0.1, 0.15) is 5.52 Å². The average molecular weight is 504 g/mol. The van der Waals surface area contributed by atoms with E-state index in [0.29, 0.717) is 27.5 Å². The zero-order valence-electron chi connectivity index (χ0n) is 18.6. The molecule has 0 atom stereocenters. The van der Waals surface area contributed by atoms with Gasteiger partial charge >= 0.3 is 0 Å². The molecule has 3 aromatic rings. The molecule has 11 heteroatoms. The summed E-state index contributed by atoms with van der Waals surface area (Å²) in [6, 6.07) is 5.76. The summed E-state index contributed by atoms with van der Waals surface area (Å²) in [4.78, 5) is 25.8. The van der Waals surface area contributed by atoms with E-state index < -0.39 is 0 Å². The summed E-state index contributed by atoms with van der Waals surface area (Å²) in [7, 11) is 0. The highest BCUT2D eigenvalue weighted by atomic mass is 35.5. The molecule has 34 heavy (non-hydrogen) atoms. The minimum Gasteiger partial charge on any atom is -0.381 e. The number of halogens is 2. The monoisotopic (exact) mass is 503 g/mol. The highest BCUT2D eigenvalue weighted by molar-refractivity contribution is 6.42. The molecule has 0 radical (unpaired) electrons. The Balaban J connectivity index is 1.49. The van der Waals surface area contributed by atoms with Crippen LogP contribution in [0.4, 0.5) is 17.6 Å². The molecule has 0 bridgehead atoms. The number of fused-ring (bicyclic) bond motifs is 1. The number of anilines is 3. The summed E-state index contributed by atoms with van der Waals surface area (Å²) in [5.74, 6) is 0.909. The SMILES string of the molecule is NC(=O)[C@H]1CC[C@H](n2c(Nc3ccc(Cl)c(Cl)c3)nc3cnc(NC4CCOCC4)nc32)CC1. The van der Waals surface area contributed by atoms with E-state index in [0.717, 1.165) is 63.1 Å². The summed E-state index contributed by atoms with van der Waals surface area (Å²) < 4.78 is 7.57. The fourth-order valence-electron chi connectivity index (χ4n) is 4.74. The maximum absolute atomic E-state index is 11.7. The number of ether oxygens (including phenoxy) is 1. The topological polar surface area (TPSA) is 120 Å². The molecule has 2 aromatic heterocycles. The van der Waals surface area contributed by atoms with Crippen LogP contribution in [0.5, 0.6) is 0 Å². The lowest BCUT2D eigenvalue weighted by Gasteiger charge is -2.29. The largest absolute Gasteiger partial charge is 0.381 e.